The van der Waals surface area contributed by atoms with Crippen molar-refractivity contribution >= 4 is 5.97 Å². The van der Waals surface area contributed by atoms with Gasteiger partial charge in [0.05, 0.1) is 39.0 Å². The Hall–Kier alpha value is -2.61. The number of esters is 1. The molecule has 0 spiro atoms. The van der Waals surface area contributed by atoms with Crippen molar-refractivity contribution in [1.82, 2.24) is 0 Å². The molecule has 0 aliphatic carbocycles. The van der Waals surface area contributed by atoms with Crippen LogP contribution in [0.5, 0.6) is 11.5 Å². The van der Waals surface area contributed by atoms with E-state index in [2.05, 4.69) is 0 Å². The van der Waals surface area contributed by atoms with Gasteiger partial charge in [-0.15, -0.1) is 0 Å². The predicted octanol–water partition coefficient (Wildman–Crippen LogP) is 3.58. The fourth-order valence-electron chi connectivity index (χ4n) is 5.00. The van der Waals surface area contributed by atoms with Gasteiger partial charge in [0.25, 0.3) is 0 Å². The lowest BCUT2D eigenvalue weighted by Crippen LogP contribution is -2.53. The van der Waals surface area contributed by atoms with Crippen LogP contribution in [0.4, 0.5) is 0 Å². The van der Waals surface area contributed by atoms with Crippen LogP contribution in [-0.2, 0) is 16.0 Å². The molecule has 0 radical (unpaired) electrons. The van der Waals surface area contributed by atoms with Gasteiger partial charge in [-0.05, 0) is 49.9 Å². The van der Waals surface area contributed by atoms with E-state index in [0.717, 1.165) is 54.0 Å². The zero-order chi connectivity index (χ0) is 23.8. The summed E-state index contributed by atoms with van der Waals surface area (Å²) < 4.78 is 23.2. The molecule has 2 aliphatic rings. The number of fused-ring (bicyclic) bond motifs is 1. The third kappa shape index (κ3) is 6.50. The standard InChI is InChI=1S/C27H36NO6/c1-31-27(30)22-12-10-21(11-13-22)16-28(14-6-2-3-7-15-28)17-23(29)18-32-19-24-20-33-25-8-4-5-9-26(25)34-24/h4-5,8-13,23-24,29H,2-3,6-7,14-20H2,1H3/q+1/t23-,24-/m0/s1. The minimum absolute atomic E-state index is 0.184. The Labute approximate surface area is 201 Å². The third-order valence-electron chi connectivity index (χ3n) is 6.69. The van der Waals surface area contributed by atoms with Crippen LogP contribution >= 0.6 is 0 Å². The summed E-state index contributed by atoms with van der Waals surface area (Å²) in [7, 11) is 1.39. The number of quaternary nitrogens is 1. The van der Waals surface area contributed by atoms with Gasteiger partial charge < -0.3 is 28.5 Å². The topological polar surface area (TPSA) is 74.2 Å². The molecule has 2 atom stereocenters. The number of hydrogen-bond donors (Lipinski definition) is 1. The van der Waals surface area contributed by atoms with E-state index >= 15 is 0 Å². The van der Waals surface area contributed by atoms with E-state index in [-0.39, 0.29) is 18.7 Å². The fraction of sp³-hybridized carbons (Fsp3) is 0.519. The van der Waals surface area contributed by atoms with Crippen LogP contribution in [-0.4, -0.2) is 74.3 Å². The normalized spacial score (nSPS) is 20.2. The van der Waals surface area contributed by atoms with Gasteiger partial charge in [0.2, 0.25) is 0 Å². The Morgan fingerprint density at radius 3 is 2.47 bits per heavy atom. The van der Waals surface area contributed by atoms with E-state index in [0.29, 0.717) is 25.3 Å². The lowest BCUT2D eigenvalue weighted by atomic mass is 10.1. The average molecular weight is 471 g/mol. The van der Waals surface area contributed by atoms with E-state index in [1.807, 2.05) is 48.5 Å². The molecule has 34 heavy (non-hydrogen) atoms. The summed E-state index contributed by atoms with van der Waals surface area (Å²) >= 11 is 0. The van der Waals surface area contributed by atoms with Crippen molar-refractivity contribution in [2.45, 2.75) is 44.4 Å². The number of para-hydroxylation sites is 2. The van der Waals surface area contributed by atoms with E-state index in [1.54, 1.807) is 0 Å². The van der Waals surface area contributed by atoms with E-state index in [9.17, 15) is 9.90 Å². The smallest absolute Gasteiger partial charge is 0.337 e. The number of hydrogen-bond acceptors (Lipinski definition) is 6. The SMILES string of the molecule is COC(=O)c1ccc(C[N+]2(C[C@H](O)COC[C@H]3COc4ccccc4O3)CCCCCC2)cc1. The molecule has 2 heterocycles. The first-order chi connectivity index (χ1) is 16.6. The molecule has 4 rings (SSSR count). The molecule has 2 aromatic rings. The van der Waals surface area contributed by atoms with Crippen molar-refractivity contribution in [3.63, 3.8) is 0 Å². The van der Waals surface area contributed by atoms with Crippen molar-refractivity contribution in [3.05, 3.63) is 59.7 Å². The highest BCUT2D eigenvalue weighted by Gasteiger charge is 2.32. The molecule has 0 bridgehead atoms. The molecule has 7 nitrogen and oxygen atoms in total. The van der Waals surface area contributed by atoms with Gasteiger partial charge in [-0.1, -0.05) is 24.3 Å². The first-order valence-electron chi connectivity index (χ1n) is 12.2. The molecule has 0 amide bonds. The van der Waals surface area contributed by atoms with Crippen molar-refractivity contribution in [2.75, 3.05) is 46.6 Å². The molecule has 0 unspecified atom stereocenters. The molecular formula is C27H36NO6+. The quantitative estimate of drug-likeness (QED) is 0.446. The molecule has 1 saturated heterocycles. The minimum atomic E-state index is -0.566. The first-order valence-corrected chi connectivity index (χ1v) is 12.2. The van der Waals surface area contributed by atoms with Crippen LogP contribution in [0, 0.1) is 0 Å². The number of carbonyl (C=O) groups excluding carboxylic acids is 1. The Balaban J connectivity index is 1.32. The number of nitrogens with zero attached hydrogens (tertiary/aromatic N) is 1. The van der Waals surface area contributed by atoms with Crippen molar-refractivity contribution < 1.29 is 33.3 Å². The molecule has 184 valence electrons. The second-order valence-electron chi connectivity index (χ2n) is 9.42. The van der Waals surface area contributed by atoms with Gasteiger partial charge in [0.1, 0.15) is 25.8 Å². The van der Waals surface area contributed by atoms with Gasteiger partial charge in [-0.3, -0.25) is 0 Å². The highest BCUT2D eigenvalue weighted by atomic mass is 16.6. The zero-order valence-electron chi connectivity index (χ0n) is 20.0. The number of likely N-dealkylation sites (tertiary alicyclic amines) is 1. The number of benzene rings is 2. The van der Waals surface area contributed by atoms with Crippen LogP contribution in [0.15, 0.2) is 48.5 Å². The predicted molar refractivity (Wildman–Crippen MR) is 128 cm³/mol. The van der Waals surface area contributed by atoms with Crippen molar-refractivity contribution in [1.29, 1.82) is 0 Å². The Morgan fingerprint density at radius 2 is 1.76 bits per heavy atom. The number of aliphatic hydroxyl groups is 1. The molecule has 0 aromatic heterocycles. The minimum Gasteiger partial charge on any atom is -0.486 e. The van der Waals surface area contributed by atoms with Crippen molar-refractivity contribution in [3.8, 4) is 11.5 Å². The summed E-state index contributed by atoms with van der Waals surface area (Å²) in [6.45, 7) is 4.62. The Bertz CT molecular complexity index is 923. The maximum absolute atomic E-state index is 11.8. The monoisotopic (exact) mass is 470 g/mol. The van der Waals surface area contributed by atoms with Crippen LogP contribution in [0.2, 0.25) is 0 Å². The summed E-state index contributed by atoms with van der Waals surface area (Å²) in [5, 5.41) is 10.9. The second kappa shape index (κ2) is 11.7. The van der Waals surface area contributed by atoms with Crippen LogP contribution < -0.4 is 9.47 Å². The van der Waals surface area contributed by atoms with Crippen LogP contribution in [0.25, 0.3) is 0 Å². The van der Waals surface area contributed by atoms with Crippen LogP contribution in [0.3, 0.4) is 0 Å². The van der Waals surface area contributed by atoms with Gasteiger partial charge >= 0.3 is 5.97 Å². The van der Waals surface area contributed by atoms with Gasteiger partial charge in [0, 0.05) is 5.56 Å². The summed E-state index contributed by atoms with van der Waals surface area (Å²) in [6.07, 6.45) is 4.02. The highest BCUT2D eigenvalue weighted by Crippen LogP contribution is 2.31. The second-order valence-corrected chi connectivity index (χ2v) is 9.42. The summed E-state index contributed by atoms with van der Waals surface area (Å²) in [5.74, 6) is 1.16. The number of carbonyl (C=O) groups is 1. The highest BCUT2D eigenvalue weighted by molar-refractivity contribution is 5.89. The van der Waals surface area contributed by atoms with E-state index in [4.69, 9.17) is 18.9 Å². The van der Waals surface area contributed by atoms with Gasteiger partial charge in [0.15, 0.2) is 17.6 Å². The molecule has 2 aromatic carbocycles. The van der Waals surface area contributed by atoms with Crippen LogP contribution in [0.1, 0.15) is 41.6 Å². The maximum atomic E-state index is 11.8. The first kappa shape index (κ1) is 24.5. The summed E-state index contributed by atoms with van der Waals surface area (Å²) in [4.78, 5) is 11.8. The largest absolute Gasteiger partial charge is 0.486 e. The van der Waals surface area contributed by atoms with E-state index in [1.165, 1.54) is 20.0 Å². The van der Waals surface area contributed by atoms with E-state index < -0.39 is 6.10 Å². The number of rotatable bonds is 9. The average Bonchev–Trinajstić information content (AvgIpc) is 3.09. The number of ether oxygens (including phenoxy) is 4. The lowest BCUT2D eigenvalue weighted by molar-refractivity contribution is -0.943. The number of methoxy groups -OCH3 is 1. The molecule has 1 N–H and O–H groups in total. The van der Waals surface area contributed by atoms with Crippen molar-refractivity contribution in [2.24, 2.45) is 0 Å². The molecule has 2 aliphatic heterocycles. The van der Waals surface area contributed by atoms with Gasteiger partial charge in [-0.2, -0.15) is 0 Å². The Kier molecular flexibility index (Phi) is 8.43. The maximum Gasteiger partial charge on any atom is 0.337 e. The number of aliphatic hydroxyl groups excluding tert-OH is 1. The molecular weight excluding hydrogens is 434 g/mol. The summed E-state index contributed by atoms with van der Waals surface area (Å²) in [6, 6.07) is 15.3. The molecule has 0 saturated carbocycles. The Morgan fingerprint density at radius 1 is 1.06 bits per heavy atom. The molecule has 7 heteroatoms. The van der Waals surface area contributed by atoms with Gasteiger partial charge in [-0.25, -0.2) is 4.79 Å². The zero-order valence-corrected chi connectivity index (χ0v) is 20.0. The lowest BCUT2D eigenvalue weighted by Gasteiger charge is -2.39. The third-order valence-corrected chi connectivity index (χ3v) is 6.69. The molecule has 1 fully saturated rings. The summed E-state index contributed by atoms with van der Waals surface area (Å²) in [5.41, 5.74) is 1.72. The fourth-order valence-corrected chi connectivity index (χ4v) is 5.00.